The Morgan fingerprint density at radius 3 is 2.80 bits per heavy atom. The van der Waals surface area contributed by atoms with Crippen LogP contribution in [0.1, 0.15) is 13.3 Å². The molecule has 4 atom stereocenters. The molecule has 2 aromatic rings. The van der Waals surface area contributed by atoms with Crippen molar-refractivity contribution in [3.05, 3.63) is 30.4 Å². The van der Waals surface area contributed by atoms with Gasteiger partial charge in [-0.1, -0.05) is 23.5 Å². The molecule has 6 nitrogen and oxygen atoms in total. The quantitative estimate of drug-likeness (QED) is 0.802. The van der Waals surface area contributed by atoms with E-state index in [9.17, 15) is 14.7 Å². The lowest BCUT2D eigenvalue weighted by Gasteiger charge is -2.23. The first kappa shape index (κ1) is 16.1. The fraction of sp³-hybridized carbons (Fsp3) is 0.389. The summed E-state index contributed by atoms with van der Waals surface area (Å²) < 4.78 is 6.41. The number of carbonyl (C=O) groups excluding carboxylic acids is 1. The molecule has 130 valence electrons. The monoisotopic (exact) mass is 358 g/mol. The molecule has 2 bridgehead atoms. The Hall–Kier alpha value is -2.41. The number of fused-ring (bicyclic) bond motifs is 3. The Kier molecular flexibility index (Phi) is 3.95. The Bertz CT molecular complexity index is 875. The molecule has 0 unspecified atom stereocenters. The van der Waals surface area contributed by atoms with Gasteiger partial charge in [-0.15, -0.1) is 0 Å². The van der Waals surface area contributed by atoms with Crippen molar-refractivity contribution in [2.75, 3.05) is 11.9 Å². The van der Waals surface area contributed by atoms with Crippen molar-refractivity contribution in [2.24, 2.45) is 23.7 Å². The number of aromatic nitrogens is 1. The van der Waals surface area contributed by atoms with E-state index in [4.69, 9.17) is 4.74 Å². The number of hydrogen-bond donors (Lipinski definition) is 2. The highest BCUT2D eigenvalue weighted by Gasteiger charge is 2.51. The van der Waals surface area contributed by atoms with Gasteiger partial charge in [-0.05, 0) is 37.3 Å². The molecule has 7 heteroatoms. The average molecular weight is 358 g/mol. The fourth-order valence-electron chi connectivity index (χ4n) is 3.92. The van der Waals surface area contributed by atoms with E-state index in [0.29, 0.717) is 11.7 Å². The van der Waals surface area contributed by atoms with E-state index in [-0.39, 0.29) is 17.7 Å². The summed E-state index contributed by atoms with van der Waals surface area (Å²) in [6.45, 7) is 2.49. The van der Waals surface area contributed by atoms with Crippen LogP contribution in [-0.2, 0) is 9.59 Å². The third-order valence-electron chi connectivity index (χ3n) is 4.95. The Balaban J connectivity index is 1.55. The van der Waals surface area contributed by atoms with E-state index in [1.807, 2.05) is 37.3 Å². The highest BCUT2D eigenvalue weighted by Crippen LogP contribution is 2.48. The minimum absolute atomic E-state index is 0.00466. The van der Waals surface area contributed by atoms with Gasteiger partial charge in [0.25, 0.3) is 0 Å². The number of hydrogen-bond acceptors (Lipinski definition) is 5. The molecule has 1 saturated carbocycles. The maximum atomic E-state index is 12.7. The lowest BCUT2D eigenvalue weighted by molar-refractivity contribution is -0.146. The molecule has 25 heavy (non-hydrogen) atoms. The maximum absolute atomic E-state index is 12.7. The van der Waals surface area contributed by atoms with Gasteiger partial charge in [-0.3, -0.25) is 9.59 Å². The number of nitrogens with one attached hydrogen (secondary N) is 1. The van der Waals surface area contributed by atoms with Crippen molar-refractivity contribution in [3.63, 3.8) is 0 Å². The number of allylic oxidation sites excluding steroid dienone is 2. The van der Waals surface area contributed by atoms with Crippen molar-refractivity contribution >= 4 is 38.6 Å². The zero-order valence-corrected chi connectivity index (χ0v) is 14.5. The number of ether oxygens (including phenoxy) is 1. The van der Waals surface area contributed by atoms with Crippen molar-refractivity contribution in [3.8, 4) is 5.75 Å². The number of thiazole rings is 1. The highest BCUT2D eigenvalue weighted by molar-refractivity contribution is 7.22. The summed E-state index contributed by atoms with van der Waals surface area (Å²) in [4.78, 5) is 28.7. The van der Waals surface area contributed by atoms with Gasteiger partial charge < -0.3 is 15.2 Å². The lowest BCUT2D eigenvalue weighted by atomic mass is 9.82. The van der Waals surface area contributed by atoms with Gasteiger partial charge in [0.1, 0.15) is 5.75 Å². The largest absolute Gasteiger partial charge is 0.494 e. The van der Waals surface area contributed by atoms with E-state index in [1.165, 1.54) is 11.3 Å². The molecule has 1 aromatic carbocycles. The summed E-state index contributed by atoms with van der Waals surface area (Å²) in [5, 5.41) is 12.8. The second kappa shape index (κ2) is 6.15. The van der Waals surface area contributed by atoms with Crippen LogP contribution in [0.25, 0.3) is 10.2 Å². The number of carboxylic acids is 1. The standard InChI is InChI=1S/C18H18N2O4S/c1-2-24-11-5-6-13-12(8-11)19-18(25-13)20-16(21)14-9-3-4-10(7-9)15(14)17(22)23/h3-6,8-10,14-15H,2,7H2,1H3,(H,22,23)(H,19,20,21)/t9-,10-,14-,15-/m0/s1. The summed E-state index contributed by atoms with van der Waals surface area (Å²) in [6, 6.07) is 5.62. The molecular formula is C18H18N2O4S. The molecule has 1 heterocycles. The van der Waals surface area contributed by atoms with Crippen LogP contribution in [0, 0.1) is 23.7 Å². The van der Waals surface area contributed by atoms with Crippen molar-refractivity contribution < 1.29 is 19.4 Å². The smallest absolute Gasteiger partial charge is 0.307 e. The second-order valence-electron chi connectivity index (χ2n) is 6.41. The zero-order chi connectivity index (χ0) is 17.6. The van der Waals surface area contributed by atoms with Gasteiger partial charge in [-0.2, -0.15) is 0 Å². The van der Waals surface area contributed by atoms with E-state index in [2.05, 4.69) is 10.3 Å². The highest BCUT2D eigenvalue weighted by atomic mass is 32.1. The van der Waals surface area contributed by atoms with Crippen molar-refractivity contribution in [2.45, 2.75) is 13.3 Å². The van der Waals surface area contributed by atoms with Crippen LogP contribution in [0.5, 0.6) is 5.75 Å². The third kappa shape index (κ3) is 2.78. The minimum Gasteiger partial charge on any atom is -0.494 e. The topological polar surface area (TPSA) is 88.5 Å². The fourth-order valence-corrected chi connectivity index (χ4v) is 4.77. The number of anilines is 1. The van der Waals surface area contributed by atoms with Crippen LogP contribution >= 0.6 is 11.3 Å². The van der Waals surface area contributed by atoms with Gasteiger partial charge in [0.2, 0.25) is 5.91 Å². The first-order valence-corrected chi connectivity index (χ1v) is 9.14. The third-order valence-corrected chi connectivity index (χ3v) is 5.90. The van der Waals surface area contributed by atoms with Crippen LogP contribution in [0.15, 0.2) is 30.4 Å². The first-order valence-electron chi connectivity index (χ1n) is 8.32. The Morgan fingerprint density at radius 1 is 1.32 bits per heavy atom. The van der Waals surface area contributed by atoms with Crippen LogP contribution in [0.4, 0.5) is 5.13 Å². The first-order chi connectivity index (χ1) is 12.1. The minimum atomic E-state index is -0.900. The molecule has 0 saturated heterocycles. The summed E-state index contributed by atoms with van der Waals surface area (Å²) >= 11 is 1.38. The molecule has 0 spiro atoms. The van der Waals surface area contributed by atoms with E-state index >= 15 is 0 Å². The van der Waals surface area contributed by atoms with E-state index < -0.39 is 17.8 Å². The number of amides is 1. The average Bonchev–Trinajstić information content (AvgIpc) is 3.27. The van der Waals surface area contributed by atoms with Crippen LogP contribution in [0.2, 0.25) is 0 Å². The molecule has 2 aliphatic carbocycles. The van der Waals surface area contributed by atoms with Gasteiger partial charge in [-0.25, -0.2) is 4.98 Å². The lowest BCUT2D eigenvalue weighted by Crippen LogP contribution is -2.36. The van der Waals surface area contributed by atoms with Gasteiger partial charge >= 0.3 is 5.97 Å². The van der Waals surface area contributed by atoms with Crippen LogP contribution < -0.4 is 10.1 Å². The normalized spacial score (nSPS) is 26.9. The number of carboxylic acid groups (broad SMARTS) is 1. The molecule has 0 aliphatic heterocycles. The molecule has 0 radical (unpaired) electrons. The molecule has 1 aromatic heterocycles. The van der Waals surface area contributed by atoms with Gasteiger partial charge in [0, 0.05) is 6.07 Å². The van der Waals surface area contributed by atoms with E-state index in [0.717, 1.165) is 22.4 Å². The predicted molar refractivity (Wildman–Crippen MR) is 94.8 cm³/mol. The summed E-state index contributed by atoms with van der Waals surface area (Å²) in [5.41, 5.74) is 0.758. The molecule has 2 N–H and O–H groups in total. The summed E-state index contributed by atoms with van der Waals surface area (Å²) in [7, 11) is 0. The van der Waals surface area contributed by atoms with Crippen molar-refractivity contribution in [1.82, 2.24) is 4.98 Å². The maximum Gasteiger partial charge on any atom is 0.307 e. The van der Waals surface area contributed by atoms with Crippen molar-refractivity contribution in [1.29, 1.82) is 0 Å². The van der Waals surface area contributed by atoms with Crippen LogP contribution in [0.3, 0.4) is 0 Å². The molecule has 4 rings (SSSR count). The number of benzene rings is 1. The molecule has 1 fully saturated rings. The number of rotatable bonds is 5. The van der Waals surface area contributed by atoms with Crippen LogP contribution in [-0.4, -0.2) is 28.6 Å². The SMILES string of the molecule is CCOc1ccc2sc(NC(=O)[C@@H]3[C@@H](C(=O)O)[C@H]4C=C[C@H]3C4)nc2c1. The number of carbonyl (C=O) groups is 2. The second-order valence-corrected chi connectivity index (χ2v) is 7.44. The molecular weight excluding hydrogens is 340 g/mol. The zero-order valence-electron chi connectivity index (χ0n) is 13.6. The Morgan fingerprint density at radius 2 is 2.08 bits per heavy atom. The molecule has 2 aliphatic rings. The van der Waals surface area contributed by atoms with Gasteiger partial charge in [0.15, 0.2) is 5.13 Å². The predicted octanol–water partition coefficient (Wildman–Crippen LogP) is 3.16. The number of nitrogens with zero attached hydrogens (tertiary/aromatic N) is 1. The molecule has 1 amide bonds. The van der Waals surface area contributed by atoms with Gasteiger partial charge in [0.05, 0.1) is 28.7 Å². The van der Waals surface area contributed by atoms with E-state index in [1.54, 1.807) is 0 Å². The summed E-state index contributed by atoms with van der Waals surface area (Å²) in [6.07, 6.45) is 4.65. The number of aliphatic carboxylic acids is 1. The summed E-state index contributed by atoms with van der Waals surface area (Å²) in [5.74, 6) is -1.63. The Labute approximate surface area is 148 Å².